The van der Waals surface area contributed by atoms with Crippen LogP contribution >= 0.6 is 11.8 Å². The molecule has 1 aliphatic rings. The summed E-state index contributed by atoms with van der Waals surface area (Å²) in [6.45, 7) is 8.13. The number of aryl methyl sites for hydroxylation is 1. The van der Waals surface area contributed by atoms with Crippen LogP contribution in [-0.2, 0) is 15.0 Å². The lowest BCUT2D eigenvalue weighted by Gasteiger charge is -2.24. The Kier molecular flexibility index (Phi) is 7.91. The maximum absolute atomic E-state index is 13.8. The van der Waals surface area contributed by atoms with Crippen molar-refractivity contribution in [2.24, 2.45) is 0 Å². The van der Waals surface area contributed by atoms with Crippen LogP contribution in [0.1, 0.15) is 48.4 Å². The number of halogens is 1. The van der Waals surface area contributed by atoms with Gasteiger partial charge in [-0.2, -0.15) is 5.10 Å². The topological polar surface area (TPSA) is 76.5 Å². The van der Waals surface area contributed by atoms with E-state index in [4.69, 9.17) is 9.84 Å². The first-order chi connectivity index (χ1) is 19.5. The third kappa shape index (κ3) is 6.00. The minimum atomic E-state index is -0.396. The summed E-state index contributed by atoms with van der Waals surface area (Å²) in [5.41, 5.74) is 4.77. The van der Waals surface area contributed by atoms with Crippen molar-refractivity contribution in [3.05, 3.63) is 101 Å². The van der Waals surface area contributed by atoms with Crippen LogP contribution in [0.25, 0.3) is 5.69 Å². The third-order valence-electron chi connectivity index (χ3n) is 6.89. The summed E-state index contributed by atoms with van der Waals surface area (Å²) in [7, 11) is 1.61. The van der Waals surface area contributed by atoms with E-state index in [9.17, 15) is 14.0 Å². The number of anilines is 2. The van der Waals surface area contributed by atoms with Crippen molar-refractivity contribution in [3.63, 3.8) is 0 Å². The molecule has 1 unspecified atom stereocenters. The van der Waals surface area contributed by atoms with Crippen LogP contribution in [0.3, 0.4) is 0 Å². The van der Waals surface area contributed by atoms with Crippen molar-refractivity contribution in [1.29, 1.82) is 0 Å². The van der Waals surface area contributed by atoms with Gasteiger partial charge in [-0.05, 0) is 61.0 Å². The van der Waals surface area contributed by atoms with Crippen LogP contribution in [0.2, 0.25) is 0 Å². The minimum Gasteiger partial charge on any atom is -0.497 e. The lowest BCUT2D eigenvalue weighted by molar-refractivity contribution is -0.120. The number of hydrogen-bond donors (Lipinski definition) is 1. The second kappa shape index (κ2) is 11.4. The van der Waals surface area contributed by atoms with Crippen molar-refractivity contribution in [2.75, 3.05) is 29.6 Å². The van der Waals surface area contributed by atoms with Gasteiger partial charge in [0.25, 0.3) is 0 Å². The number of carbonyl (C=O) groups is 2. The first-order valence-corrected chi connectivity index (χ1v) is 14.4. The molecule has 4 aromatic rings. The van der Waals surface area contributed by atoms with E-state index >= 15 is 0 Å². The molecule has 7 nitrogen and oxygen atoms in total. The molecule has 0 aliphatic carbocycles. The van der Waals surface area contributed by atoms with Crippen molar-refractivity contribution < 1.29 is 18.7 Å². The molecule has 9 heteroatoms. The molecule has 2 amide bonds. The number of hydrogen-bond acceptors (Lipinski definition) is 5. The molecule has 0 saturated heterocycles. The molecule has 41 heavy (non-hydrogen) atoms. The molecular formula is C32H33FN4O3S. The Morgan fingerprint density at radius 1 is 1.10 bits per heavy atom. The average molecular weight is 573 g/mol. The number of nitrogens with zero attached hydrogens (tertiary/aromatic N) is 3. The molecule has 212 valence electrons. The fourth-order valence-electron chi connectivity index (χ4n) is 4.95. The Balaban J connectivity index is 1.69. The van der Waals surface area contributed by atoms with E-state index < -0.39 is 11.7 Å². The molecule has 5 rings (SSSR count). The number of rotatable bonds is 6. The van der Waals surface area contributed by atoms with Gasteiger partial charge in [0.2, 0.25) is 11.8 Å². The summed E-state index contributed by atoms with van der Waals surface area (Å²) in [4.78, 5) is 28.7. The highest BCUT2D eigenvalue weighted by Gasteiger charge is 2.40. The molecule has 0 bridgehead atoms. The first-order valence-electron chi connectivity index (χ1n) is 13.4. The molecule has 1 aliphatic heterocycles. The maximum Gasteiger partial charge on any atom is 0.244 e. The van der Waals surface area contributed by atoms with Crippen molar-refractivity contribution in [2.45, 2.75) is 38.4 Å². The van der Waals surface area contributed by atoms with Gasteiger partial charge in [0, 0.05) is 16.7 Å². The largest absolute Gasteiger partial charge is 0.497 e. The van der Waals surface area contributed by atoms with Crippen molar-refractivity contribution >= 4 is 35.1 Å². The molecule has 1 N–H and O–H groups in total. The lowest BCUT2D eigenvalue weighted by atomic mass is 9.87. The van der Waals surface area contributed by atoms with Gasteiger partial charge >= 0.3 is 0 Å². The fraction of sp³-hybridized carbons (Fsp3) is 0.281. The molecule has 0 spiro atoms. The number of fused-ring (bicyclic) bond motifs is 1. The van der Waals surface area contributed by atoms with Crippen LogP contribution in [0, 0.1) is 12.7 Å². The summed E-state index contributed by atoms with van der Waals surface area (Å²) in [5.74, 6) is 0.459. The van der Waals surface area contributed by atoms with E-state index in [-0.39, 0.29) is 28.9 Å². The molecule has 1 atom stereocenters. The van der Waals surface area contributed by atoms with Gasteiger partial charge in [0.15, 0.2) is 0 Å². The van der Waals surface area contributed by atoms with Gasteiger partial charge in [0.05, 0.1) is 29.5 Å². The van der Waals surface area contributed by atoms with E-state index in [2.05, 4.69) is 51.2 Å². The Bertz CT molecular complexity index is 1580. The Morgan fingerprint density at radius 2 is 1.80 bits per heavy atom. The van der Waals surface area contributed by atoms with E-state index in [0.717, 1.165) is 28.1 Å². The molecule has 0 fully saturated rings. The molecule has 0 radical (unpaired) electrons. The minimum absolute atomic E-state index is 0.180. The number of thioether (sulfide) groups is 1. The van der Waals surface area contributed by atoms with Crippen LogP contribution in [0.5, 0.6) is 5.75 Å². The fourth-order valence-corrected chi connectivity index (χ4v) is 6.14. The standard InChI is InChI=1S/C32H33FN4O3S/c1-20-7-6-8-21(17-20)29-28-30(32(2,3)4)35-37(24-13-15-25(40-5)16-14-24)31(28)36(27(39)19-41-29)18-26(38)34-23-11-9-22(33)10-12-23/h6-17,29H,18-19H2,1-5H3,(H,34,38). The predicted octanol–water partition coefficient (Wildman–Crippen LogP) is 6.43. The number of nitrogens with one attached hydrogen (secondary N) is 1. The SMILES string of the molecule is COc1ccc(-n2nc(C(C)(C)C)c3c2N(CC(=O)Nc2ccc(F)cc2)C(=O)CSC3c2cccc(C)c2)cc1. The Hall–Kier alpha value is -4.11. The average Bonchev–Trinajstić information content (AvgIpc) is 3.28. The van der Waals surface area contributed by atoms with Gasteiger partial charge < -0.3 is 10.1 Å². The van der Waals surface area contributed by atoms with E-state index in [0.29, 0.717) is 17.3 Å². The summed E-state index contributed by atoms with van der Waals surface area (Å²) in [6, 6.07) is 21.3. The summed E-state index contributed by atoms with van der Waals surface area (Å²) < 4.78 is 20.6. The normalized spacial score (nSPS) is 15.3. The Morgan fingerprint density at radius 3 is 2.44 bits per heavy atom. The highest BCUT2D eigenvalue weighted by Crippen LogP contribution is 2.48. The predicted molar refractivity (Wildman–Crippen MR) is 162 cm³/mol. The van der Waals surface area contributed by atoms with E-state index in [1.165, 1.54) is 40.9 Å². The Labute approximate surface area is 243 Å². The van der Waals surface area contributed by atoms with Gasteiger partial charge in [-0.3, -0.25) is 14.5 Å². The lowest BCUT2D eigenvalue weighted by Crippen LogP contribution is -2.40. The van der Waals surface area contributed by atoms with E-state index in [1.807, 2.05) is 30.3 Å². The molecule has 2 heterocycles. The zero-order valence-corrected chi connectivity index (χ0v) is 24.6. The van der Waals surface area contributed by atoms with E-state index in [1.54, 1.807) is 11.8 Å². The number of benzene rings is 3. The molecular weight excluding hydrogens is 539 g/mol. The summed E-state index contributed by atoms with van der Waals surface area (Å²) in [5, 5.41) is 7.73. The second-order valence-electron chi connectivity index (χ2n) is 11.1. The number of aromatic nitrogens is 2. The third-order valence-corrected chi connectivity index (χ3v) is 8.15. The zero-order chi connectivity index (χ0) is 29.3. The highest BCUT2D eigenvalue weighted by molar-refractivity contribution is 8.00. The van der Waals surface area contributed by atoms with Crippen LogP contribution in [-0.4, -0.2) is 41.0 Å². The highest BCUT2D eigenvalue weighted by atomic mass is 32.2. The van der Waals surface area contributed by atoms with Crippen LogP contribution in [0.4, 0.5) is 15.9 Å². The van der Waals surface area contributed by atoms with Crippen molar-refractivity contribution in [1.82, 2.24) is 9.78 Å². The van der Waals surface area contributed by atoms with Gasteiger partial charge in [-0.15, -0.1) is 11.8 Å². The second-order valence-corrected chi connectivity index (χ2v) is 12.2. The molecule has 0 saturated carbocycles. The van der Waals surface area contributed by atoms with Gasteiger partial charge in [-0.1, -0.05) is 50.6 Å². The first kappa shape index (κ1) is 28.4. The number of methoxy groups -OCH3 is 1. The van der Waals surface area contributed by atoms with Crippen LogP contribution in [0.15, 0.2) is 72.8 Å². The summed E-state index contributed by atoms with van der Waals surface area (Å²) >= 11 is 1.54. The molecule has 3 aromatic carbocycles. The monoisotopic (exact) mass is 572 g/mol. The van der Waals surface area contributed by atoms with Gasteiger partial charge in [0.1, 0.15) is 23.9 Å². The van der Waals surface area contributed by atoms with Crippen molar-refractivity contribution in [3.8, 4) is 11.4 Å². The quantitative estimate of drug-likeness (QED) is 0.288. The van der Waals surface area contributed by atoms with Crippen LogP contribution < -0.4 is 15.0 Å². The maximum atomic E-state index is 13.8. The van der Waals surface area contributed by atoms with Gasteiger partial charge in [-0.25, -0.2) is 9.07 Å². The zero-order valence-electron chi connectivity index (χ0n) is 23.8. The molecule has 1 aromatic heterocycles. The number of ether oxygens (including phenoxy) is 1. The number of carbonyl (C=O) groups excluding carboxylic acids is 2. The summed E-state index contributed by atoms with van der Waals surface area (Å²) in [6.07, 6.45) is 0. The smallest absolute Gasteiger partial charge is 0.244 e. The number of amides is 2.